The molecule has 0 spiro atoms. The van der Waals surface area contributed by atoms with E-state index in [4.69, 9.17) is 21.1 Å². The molecule has 192 valence electrons. The first kappa shape index (κ1) is 25.2. The van der Waals surface area contributed by atoms with Crippen molar-refractivity contribution in [3.05, 3.63) is 77.8 Å². The SMILES string of the molecule is CC1CC(NCCOc2cccc3ncnc(Nc4ccc(OCc5ccccn5)c(Cl)c4)c23)CCN1. The lowest BCUT2D eigenvalue weighted by Gasteiger charge is -2.28. The molecule has 1 fully saturated rings. The smallest absolute Gasteiger partial charge is 0.145 e. The van der Waals surface area contributed by atoms with E-state index >= 15 is 0 Å². The Balaban J connectivity index is 1.25. The second-order valence-electron chi connectivity index (χ2n) is 9.13. The number of piperidine rings is 1. The van der Waals surface area contributed by atoms with E-state index in [1.807, 2.05) is 54.6 Å². The van der Waals surface area contributed by atoms with Crippen molar-refractivity contribution in [1.29, 1.82) is 0 Å². The van der Waals surface area contributed by atoms with Crippen molar-refractivity contribution >= 4 is 34.0 Å². The standard InChI is InChI=1S/C28H31ClN6O2/c1-19-15-20(10-12-30-19)32-13-14-36-26-7-4-6-24-27(26)28(34-18-33-24)35-21-8-9-25(23(29)16-21)37-17-22-5-2-3-11-31-22/h2-9,11,16,18-20,30,32H,10,12-15,17H2,1H3,(H,33,34,35). The van der Waals surface area contributed by atoms with Crippen molar-refractivity contribution in [2.24, 2.45) is 0 Å². The summed E-state index contributed by atoms with van der Waals surface area (Å²) in [6, 6.07) is 18.2. The molecule has 8 nitrogen and oxygen atoms in total. The Morgan fingerprint density at radius 2 is 1.97 bits per heavy atom. The summed E-state index contributed by atoms with van der Waals surface area (Å²) in [6.07, 6.45) is 5.55. The maximum atomic E-state index is 6.52. The topological polar surface area (TPSA) is 93.2 Å². The first-order valence-corrected chi connectivity index (χ1v) is 13.0. The number of rotatable bonds is 10. The van der Waals surface area contributed by atoms with E-state index in [-0.39, 0.29) is 0 Å². The number of hydrogen-bond acceptors (Lipinski definition) is 8. The van der Waals surface area contributed by atoms with Crippen LogP contribution in [0.5, 0.6) is 11.5 Å². The van der Waals surface area contributed by atoms with Gasteiger partial charge in [0.15, 0.2) is 0 Å². The summed E-state index contributed by atoms with van der Waals surface area (Å²) in [5.41, 5.74) is 2.42. The van der Waals surface area contributed by atoms with Crippen molar-refractivity contribution in [3.8, 4) is 11.5 Å². The van der Waals surface area contributed by atoms with Crippen molar-refractivity contribution in [2.75, 3.05) is 25.0 Å². The molecule has 2 aromatic heterocycles. The van der Waals surface area contributed by atoms with Gasteiger partial charge in [0.25, 0.3) is 0 Å². The Labute approximate surface area is 221 Å². The molecule has 1 saturated heterocycles. The van der Waals surface area contributed by atoms with E-state index in [2.05, 4.69) is 37.8 Å². The molecule has 0 radical (unpaired) electrons. The number of benzene rings is 2. The fourth-order valence-electron chi connectivity index (χ4n) is 4.50. The number of anilines is 2. The summed E-state index contributed by atoms with van der Waals surface area (Å²) in [6.45, 7) is 4.96. The number of hydrogen-bond donors (Lipinski definition) is 3. The first-order valence-electron chi connectivity index (χ1n) is 12.6. The highest BCUT2D eigenvalue weighted by Crippen LogP contribution is 2.34. The highest BCUT2D eigenvalue weighted by molar-refractivity contribution is 6.32. The Bertz CT molecular complexity index is 1320. The largest absolute Gasteiger partial charge is 0.491 e. The molecule has 2 unspecified atom stereocenters. The fraction of sp³-hybridized carbons (Fsp3) is 0.321. The quantitative estimate of drug-likeness (QED) is 0.249. The molecule has 0 amide bonds. The van der Waals surface area contributed by atoms with Gasteiger partial charge in [0.05, 0.1) is 21.6 Å². The highest BCUT2D eigenvalue weighted by Gasteiger charge is 2.17. The molecule has 0 bridgehead atoms. The third-order valence-corrected chi connectivity index (χ3v) is 6.63. The normalized spacial score (nSPS) is 17.5. The van der Waals surface area contributed by atoms with Gasteiger partial charge in [-0.3, -0.25) is 4.98 Å². The minimum atomic E-state index is 0.343. The first-order chi connectivity index (χ1) is 18.2. The van der Waals surface area contributed by atoms with Gasteiger partial charge in [0.1, 0.15) is 36.9 Å². The van der Waals surface area contributed by atoms with Gasteiger partial charge in [-0.05, 0) is 68.8 Å². The number of pyridine rings is 1. The average molecular weight is 519 g/mol. The molecule has 3 heterocycles. The highest BCUT2D eigenvalue weighted by atomic mass is 35.5. The zero-order chi connectivity index (χ0) is 25.5. The summed E-state index contributed by atoms with van der Waals surface area (Å²) < 4.78 is 12.0. The second-order valence-corrected chi connectivity index (χ2v) is 9.54. The number of nitrogens with one attached hydrogen (secondary N) is 3. The molecule has 1 aliphatic heterocycles. The number of halogens is 1. The molecule has 0 aliphatic carbocycles. The van der Waals surface area contributed by atoms with Gasteiger partial charge < -0.3 is 25.4 Å². The number of fused-ring (bicyclic) bond motifs is 1. The predicted molar refractivity (Wildman–Crippen MR) is 147 cm³/mol. The van der Waals surface area contributed by atoms with Crippen LogP contribution in [0.2, 0.25) is 5.02 Å². The fourth-order valence-corrected chi connectivity index (χ4v) is 4.74. The Hall–Kier alpha value is -3.46. The van der Waals surface area contributed by atoms with Crippen molar-refractivity contribution < 1.29 is 9.47 Å². The van der Waals surface area contributed by atoms with Crippen LogP contribution in [-0.2, 0) is 6.61 Å². The summed E-state index contributed by atoms with van der Waals surface area (Å²) >= 11 is 6.52. The third kappa shape index (κ3) is 6.65. The summed E-state index contributed by atoms with van der Waals surface area (Å²) in [4.78, 5) is 13.2. The second kappa shape index (κ2) is 12.2. The van der Waals surface area contributed by atoms with Gasteiger partial charge in [-0.1, -0.05) is 23.7 Å². The molecular formula is C28H31ClN6O2. The van der Waals surface area contributed by atoms with Gasteiger partial charge in [-0.2, -0.15) is 0 Å². The Kier molecular flexibility index (Phi) is 8.30. The summed E-state index contributed by atoms with van der Waals surface area (Å²) in [5, 5.41) is 11.8. The van der Waals surface area contributed by atoms with Crippen LogP contribution in [0, 0.1) is 0 Å². The maximum absolute atomic E-state index is 6.52. The predicted octanol–water partition coefficient (Wildman–Crippen LogP) is 5.11. The van der Waals surface area contributed by atoms with E-state index in [1.54, 1.807) is 12.5 Å². The zero-order valence-corrected chi connectivity index (χ0v) is 21.5. The molecule has 5 rings (SSSR count). The molecule has 4 aromatic rings. The molecule has 37 heavy (non-hydrogen) atoms. The van der Waals surface area contributed by atoms with E-state index in [1.165, 1.54) is 0 Å². The van der Waals surface area contributed by atoms with Crippen LogP contribution in [0.4, 0.5) is 11.5 Å². The van der Waals surface area contributed by atoms with E-state index in [0.717, 1.165) is 54.0 Å². The van der Waals surface area contributed by atoms with E-state index < -0.39 is 0 Å². The number of aromatic nitrogens is 3. The van der Waals surface area contributed by atoms with Gasteiger partial charge in [-0.25, -0.2) is 9.97 Å². The molecule has 2 atom stereocenters. The average Bonchev–Trinajstić information content (AvgIpc) is 2.91. The monoisotopic (exact) mass is 518 g/mol. The van der Waals surface area contributed by atoms with Gasteiger partial charge >= 0.3 is 0 Å². The van der Waals surface area contributed by atoms with Crippen LogP contribution >= 0.6 is 11.6 Å². The van der Waals surface area contributed by atoms with E-state index in [9.17, 15) is 0 Å². The van der Waals surface area contributed by atoms with Crippen molar-refractivity contribution in [3.63, 3.8) is 0 Å². The van der Waals surface area contributed by atoms with Gasteiger partial charge in [-0.15, -0.1) is 0 Å². The van der Waals surface area contributed by atoms with Crippen LogP contribution in [0.3, 0.4) is 0 Å². The molecule has 1 aliphatic rings. The summed E-state index contributed by atoms with van der Waals surface area (Å²) in [7, 11) is 0. The van der Waals surface area contributed by atoms with Crippen LogP contribution in [0.25, 0.3) is 10.9 Å². The van der Waals surface area contributed by atoms with Crippen molar-refractivity contribution in [2.45, 2.75) is 38.5 Å². The molecule has 2 aromatic carbocycles. The maximum Gasteiger partial charge on any atom is 0.145 e. The number of nitrogens with zero attached hydrogens (tertiary/aromatic N) is 3. The molecule has 0 saturated carbocycles. The molecule has 3 N–H and O–H groups in total. The molecule has 9 heteroatoms. The Morgan fingerprint density at radius 1 is 1.03 bits per heavy atom. The van der Waals surface area contributed by atoms with Crippen LogP contribution in [-0.4, -0.2) is 46.7 Å². The lowest BCUT2D eigenvalue weighted by molar-refractivity contribution is 0.281. The van der Waals surface area contributed by atoms with E-state index in [0.29, 0.717) is 41.9 Å². The van der Waals surface area contributed by atoms with Crippen LogP contribution < -0.4 is 25.4 Å². The van der Waals surface area contributed by atoms with Crippen LogP contribution in [0.1, 0.15) is 25.5 Å². The Morgan fingerprint density at radius 3 is 2.81 bits per heavy atom. The van der Waals surface area contributed by atoms with Crippen LogP contribution in [0.15, 0.2) is 67.1 Å². The summed E-state index contributed by atoms with van der Waals surface area (Å²) in [5.74, 6) is 1.98. The number of ether oxygens (including phenoxy) is 2. The lowest BCUT2D eigenvalue weighted by atomic mass is 10.0. The van der Waals surface area contributed by atoms with Gasteiger partial charge in [0.2, 0.25) is 0 Å². The molecular weight excluding hydrogens is 488 g/mol. The van der Waals surface area contributed by atoms with Gasteiger partial charge in [0, 0.05) is 30.5 Å². The zero-order valence-electron chi connectivity index (χ0n) is 20.8. The minimum Gasteiger partial charge on any atom is -0.491 e. The minimum absolute atomic E-state index is 0.343. The third-order valence-electron chi connectivity index (χ3n) is 6.34. The lowest BCUT2D eigenvalue weighted by Crippen LogP contribution is -2.45. The van der Waals surface area contributed by atoms with Crippen molar-refractivity contribution in [1.82, 2.24) is 25.6 Å².